The summed E-state index contributed by atoms with van der Waals surface area (Å²) >= 11 is 3.47. The molecule has 106 valence electrons. The molecule has 0 N–H and O–H groups in total. The number of nitrogens with zero attached hydrogens (tertiary/aromatic N) is 1. The summed E-state index contributed by atoms with van der Waals surface area (Å²) in [4.78, 5) is 14.6. The van der Waals surface area contributed by atoms with Gasteiger partial charge in [0.25, 0.3) is 5.91 Å². The van der Waals surface area contributed by atoms with E-state index in [-0.39, 0.29) is 11.9 Å². The summed E-state index contributed by atoms with van der Waals surface area (Å²) in [7, 11) is 1.66. The maximum Gasteiger partial charge on any atom is 0.254 e. The van der Waals surface area contributed by atoms with Gasteiger partial charge < -0.3 is 9.64 Å². The Bertz CT molecular complexity index is 434. The highest BCUT2D eigenvalue weighted by atomic mass is 79.9. The highest BCUT2D eigenvalue weighted by molar-refractivity contribution is 9.10. The number of hydrogen-bond donors (Lipinski definition) is 0. The van der Waals surface area contributed by atoms with Crippen molar-refractivity contribution in [2.45, 2.75) is 33.2 Å². The van der Waals surface area contributed by atoms with Crippen LogP contribution in [0.3, 0.4) is 0 Å². The van der Waals surface area contributed by atoms with Crippen molar-refractivity contribution in [3.05, 3.63) is 33.8 Å². The van der Waals surface area contributed by atoms with Gasteiger partial charge in [-0.05, 0) is 38.0 Å². The Kier molecular flexibility index (Phi) is 6.52. The summed E-state index contributed by atoms with van der Waals surface area (Å²) in [6, 6.07) is 5.94. The Morgan fingerprint density at radius 3 is 2.74 bits per heavy atom. The van der Waals surface area contributed by atoms with Crippen molar-refractivity contribution in [2.24, 2.45) is 0 Å². The molecule has 19 heavy (non-hydrogen) atoms. The van der Waals surface area contributed by atoms with E-state index >= 15 is 0 Å². The van der Waals surface area contributed by atoms with Crippen LogP contribution in [0.2, 0.25) is 0 Å². The molecule has 0 heterocycles. The van der Waals surface area contributed by atoms with Crippen molar-refractivity contribution in [1.82, 2.24) is 4.90 Å². The van der Waals surface area contributed by atoms with E-state index in [1.54, 1.807) is 7.11 Å². The van der Waals surface area contributed by atoms with Gasteiger partial charge in [0, 0.05) is 29.7 Å². The molecule has 3 nitrogen and oxygen atoms in total. The highest BCUT2D eigenvalue weighted by Gasteiger charge is 2.21. The number of ether oxygens (including phenoxy) is 1. The lowest BCUT2D eigenvalue weighted by molar-refractivity contribution is 0.0613. The first-order valence-corrected chi connectivity index (χ1v) is 7.37. The maximum atomic E-state index is 12.7. The quantitative estimate of drug-likeness (QED) is 0.798. The second-order valence-electron chi connectivity index (χ2n) is 4.66. The minimum Gasteiger partial charge on any atom is -0.383 e. The minimum absolute atomic E-state index is 0.0743. The lowest BCUT2D eigenvalue weighted by atomic mass is 10.1. The van der Waals surface area contributed by atoms with Gasteiger partial charge in [-0.15, -0.1) is 0 Å². The monoisotopic (exact) mass is 327 g/mol. The molecule has 0 spiro atoms. The molecule has 0 aliphatic heterocycles. The van der Waals surface area contributed by atoms with Gasteiger partial charge in [0.05, 0.1) is 6.61 Å². The average Bonchev–Trinajstić information content (AvgIpc) is 2.41. The Hall–Kier alpha value is -0.870. The van der Waals surface area contributed by atoms with Gasteiger partial charge >= 0.3 is 0 Å². The number of carbonyl (C=O) groups excluding carboxylic acids is 1. The van der Waals surface area contributed by atoms with Crippen LogP contribution in [0.15, 0.2) is 22.7 Å². The molecule has 0 saturated heterocycles. The number of carbonyl (C=O) groups is 1. The van der Waals surface area contributed by atoms with Gasteiger partial charge in [-0.25, -0.2) is 0 Å². The van der Waals surface area contributed by atoms with Crippen molar-refractivity contribution < 1.29 is 9.53 Å². The number of halogens is 1. The minimum atomic E-state index is 0.0743. The zero-order valence-corrected chi connectivity index (χ0v) is 13.7. The molecule has 1 aromatic carbocycles. The number of benzene rings is 1. The van der Waals surface area contributed by atoms with Crippen LogP contribution < -0.4 is 0 Å². The van der Waals surface area contributed by atoms with Gasteiger partial charge in [0.2, 0.25) is 0 Å². The molecule has 1 amide bonds. The fourth-order valence-electron chi connectivity index (χ4n) is 1.93. The van der Waals surface area contributed by atoms with Gasteiger partial charge in [0.15, 0.2) is 0 Å². The summed E-state index contributed by atoms with van der Waals surface area (Å²) in [6.45, 7) is 7.30. The smallest absolute Gasteiger partial charge is 0.254 e. The van der Waals surface area contributed by atoms with Crippen molar-refractivity contribution in [3.8, 4) is 0 Å². The molecule has 0 saturated carbocycles. The van der Waals surface area contributed by atoms with E-state index in [1.807, 2.05) is 30.0 Å². The van der Waals surface area contributed by atoms with Crippen molar-refractivity contribution in [2.75, 3.05) is 20.3 Å². The molecule has 1 rings (SSSR count). The molecular weight excluding hydrogens is 306 g/mol. The van der Waals surface area contributed by atoms with Crippen molar-refractivity contribution in [3.63, 3.8) is 0 Å². The van der Waals surface area contributed by atoms with Crippen LogP contribution in [0.1, 0.15) is 36.2 Å². The second kappa shape index (κ2) is 7.65. The molecule has 0 aromatic heterocycles. The zero-order chi connectivity index (χ0) is 14.4. The van der Waals surface area contributed by atoms with E-state index in [4.69, 9.17) is 4.74 Å². The van der Waals surface area contributed by atoms with Crippen LogP contribution in [-0.4, -0.2) is 37.1 Å². The fraction of sp³-hybridized carbons (Fsp3) is 0.533. The maximum absolute atomic E-state index is 12.7. The molecule has 0 radical (unpaired) electrons. The van der Waals surface area contributed by atoms with E-state index < -0.39 is 0 Å². The Balaban J connectivity index is 3.01. The first-order chi connectivity index (χ1) is 9.02. The standard InChI is InChI=1S/C15H22BrNO2/c1-5-11(2)17(9-10-19-4)15(18)13-7-6-8-14(16)12(13)3/h6-8,11H,5,9-10H2,1-4H3. The average molecular weight is 328 g/mol. The van der Waals surface area contributed by atoms with E-state index in [1.165, 1.54) is 0 Å². The fourth-order valence-corrected chi connectivity index (χ4v) is 2.29. The van der Waals surface area contributed by atoms with E-state index in [2.05, 4.69) is 29.8 Å². The van der Waals surface area contributed by atoms with Gasteiger partial charge in [-0.3, -0.25) is 4.79 Å². The van der Waals surface area contributed by atoms with Crippen molar-refractivity contribution in [1.29, 1.82) is 0 Å². The van der Waals surface area contributed by atoms with Crippen LogP contribution in [0.5, 0.6) is 0 Å². The SMILES string of the molecule is CCC(C)N(CCOC)C(=O)c1cccc(Br)c1C. The molecule has 4 heteroatoms. The van der Waals surface area contributed by atoms with Gasteiger partial charge in [-0.2, -0.15) is 0 Å². The lowest BCUT2D eigenvalue weighted by Crippen LogP contribution is -2.40. The third-order valence-electron chi connectivity index (χ3n) is 3.42. The van der Waals surface area contributed by atoms with Crippen LogP contribution in [0.4, 0.5) is 0 Å². The van der Waals surface area contributed by atoms with Crippen LogP contribution in [-0.2, 0) is 4.74 Å². The predicted octanol–water partition coefficient (Wildman–Crippen LogP) is 3.64. The van der Waals surface area contributed by atoms with E-state index in [0.29, 0.717) is 13.2 Å². The third kappa shape index (κ3) is 4.05. The predicted molar refractivity (Wildman–Crippen MR) is 81.5 cm³/mol. The molecule has 1 aromatic rings. The zero-order valence-electron chi connectivity index (χ0n) is 12.1. The Labute approximate surface area is 124 Å². The lowest BCUT2D eigenvalue weighted by Gasteiger charge is -2.29. The molecule has 1 unspecified atom stereocenters. The molecule has 0 aliphatic carbocycles. The van der Waals surface area contributed by atoms with Crippen LogP contribution in [0.25, 0.3) is 0 Å². The molecule has 0 bridgehead atoms. The summed E-state index contributed by atoms with van der Waals surface area (Å²) in [5, 5.41) is 0. The normalized spacial score (nSPS) is 12.3. The number of amides is 1. The van der Waals surface area contributed by atoms with E-state index in [9.17, 15) is 4.79 Å². The van der Waals surface area contributed by atoms with Gasteiger partial charge in [-0.1, -0.05) is 28.9 Å². The van der Waals surface area contributed by atoms with E-state index in [0.717, 1.165) is 22.0 Å². The Morgan fingerprint density at radius 2 is 2.16 bits per heavy atom. The third-order valence-corrected chi connectivity index (χ3v) is 4.28. The number of methoxy groups -OCH3 is 1. The topological polar surface area (TPSA) is 29.5 Å². The molecule has 0 aliphatic rings. The summed E-state index contributed by atoms with van der Waals surface area (Å²) in [5.41, 5.74) is 1.74. The van der Waals surface area contributed by atoms with Crippen LogP contribution >= 0.6 is 15.9 Å². The van der Waals surface area contributed by atoms with Crippen molar-refractivity contribution >= 4 is 21.8 Å². The Morgan fingerprint density at radius 1 is 1.47 bits per heavy atom. The summed E-state index contributed by atoms with van der Waals surface area (Å²) in [6.07, 6.45) is 0.933. The molecular formula is C15H22BrNO2. The van der Waals surface area contributed by atoms with Crippen LogP contribution in [0, 0.1) is 6.92 Å². The van der Waals surface area contributed by atoms with Gasteiger partial charge in [0.1, 0.15) is 0 Å². The second-order valence-corrected chi connectivity index (χ2v) is 5.52. The summed E-state index contributed by atoms with van der Waals surface area (Å²) < 4.78 is 6.07. The highest BCUT2D eigenvalue weighted by Crippen LogP contribution is 2.21. The number of rotatable bonds is 6. The molecule has 0 fully saturated rings. The first kappa shape index (κ1) is 16.2. The first-order valence-electron chi connectivity index (χ1n) is 6.57. The number of hydrogen-bond acceptors (Lipinski definition) is 2. The molecule has 1 atom stereocenters. The summed E-state index contributed by atoms with van der Waals surface area (Å²) in [5.74, 6) is 0.0743. The largest absolute Gasteiger partial charge is 0.383 e.